The zero-order valence-electron chi connectivity index (χ0n) is 8.81. The van der Waals surface area contributed by atoms with Gasteiger partial charge in [-0.1, -0.05) is 6.07 Å². The Morgan fingerprint density at radius 1 is 1.38 bits per heavy atom. The maximum Gasteiger partial charge on any atom is 0.240 e. The summed E-state index contributed by atoms with van der Waals surface area (Å²) in [6.45, 7) is 0.832. The molecule has 0 aromatic heterocycles. The molecule has 1 fully saturated rings. The van der Waals surface area contributed by atoms with E-state index in [2.05, 4.69) is 5.32 Å². The van der Waals surface area contributed by atoms with E-state index in [0.717, 1.165) is 6.54 Å². The normalized spacial score (nSPS) is 16.1. The van der Waals surface area contributed by atoms with Crippen molar-refractivity contribution in [1.29, 1.82) is 0 Å². The van der Waals surface area contributed by atoms with Crippen LogP contribution in [0.5, 0.6) is 0 Å². The van der Waals surface area contributed by atoms with Gasteiger partial charge in [-0.05, 0) is 30.9 Å². The van der Waals surface area contributed by atoms with Crippen LogP contribution in [0.2, 0.25) is 0 Å². The number of primary sulfonamides is 1. The second-order valence-electron chi connectivity index (χ2n) is 4.09. The van der Waals surface area contributed by atoms with E-state index >= 15 is 0 Å². The highest BCUT2D eigenvalue weighted by Gasteiger charge is 2.21. The van der Waals surface area contributed by atoms with Gasteiger partial charge < -0.3 is 11.1 Å². The predicted octanol–water partition coefficient (Wildman–Crippen LogP) is 0.738. The first-order chi connectivity index (χ1) is 7.48. The van der Waals surface area contributed by atoms with Gasteiger partial charge in [-0.3, -0.25) is 0 Å². The van der Waals surface area contributed by atoms with Gasteiger partial charge in [0.05, 0.1) is 11.4 Å². The van der Waals surface area contributed by atoms with E-state index in [1.54, 1.807) is 12.1 Å². The lowest BCUT2D eigenvalue weighted by Gasteiger charge is -2.11. The summed E-state index contributed by atoms with van der Waals surface area (Å²) in [4.78, 5) is -0.0201. The van der Waals surface area contributed by atoms with Crippen molar-refractivity contribution < 1.29 is 8.42 Å². The fourth-order valence-electron chi connectivity index (χ4n) is 1.52. The van der Waals surface area contributed by atoms with Gasteiger partial charge in [-0.25, -0.2) is 13.6 Å². The number of hydrogen-bond donors (Lipinski definition) is 3. The fraction of sp³-hybridized carbons (Fsp3) is 0.400. The summed E-state index contributed by atoms with van der Waals surface area (Å²) in [7, 11) is -3.74. The van der Waals surface area contributed by atoms with Gasteiger partial charge in [0.15, 0.2) is 0 Å². The molecule has 5 nitrogen and oxygen atoms in total. The summed E-state index contributed by atoms with van der Waals surface area (Å²) in [6.07, 6.45) is 2.45. The molecule has 16 heavy (non-hydrogen) atoms. The van der Waals surface area contributed by atoms with E-state index in [-0.39, 0.29) is 10.6 Å². The standard InChI is InChI=1S/C10H15N3O2S/c11-10-8(13-6-7-4-5-7)2-1-3-9(10)16(12,14)15/h1-3,7,13H,4-6,11H2,(H2,12,14,15). The Balaban J connectivity index is 2.24. The molecule has 0 spiro atoms. The van der Waals surface area contributed by atoms with E-state index in [1.807, 2.05) is 0 Å². The van der Waals surface area contributed by atoms with Crippen LogP contribution in [0.4, 0.5) is 11.4 Å². The summed E-state index contributed by atoms with van der Waals surface area (Å²) < 4.78 is 22.5. The van der Waals surface area contributed by atoms with Crippen LogP contribution < -0.4 is 16.2 Å². The number of rotatable bonds is 4. The molecule has 6 heteroatoms. The number of benzene rings is 1. The van der Waals surface area contributed by atoms with Gasteiger partial charge in [0.2, 0.25) is 10.0 Å². The Bertz CT molecular complexity index is 495. The van der Waals surface area contributed by atoms with Crippen molar-refractivity contribution >= 4 is 21.4 Å². The molecule has 1 aromatic rings. The molecule has 1 saturated carbocycles. The van der Waals surface area contributed by atoms with Crippen LogP contribution in [-0.2, 0) is 10.0 Å². The van der Waals surface area contributed by atoms with Gasteiger partial charge in [0.25, 0.3) is 0 Å². The number of hydrogen-bond acceptors (Lipinski definition) is 4. The maximum atomic E-state index is 11.2. The highest BCUT2D eigenvalue weighted by molar-refractivity contribution is 7.89. The summed E-state index contributed by atoms with van der Waals surface area (Å²) in [6, 6.07) is 4.80. The lowest BCUT2D eigenvalue weighted by molar-refractivity contribution is 0.598. The van der Waals surface area contributed by atoms with Crippen LogP contribution in [0.25, 0.3) is 0 Å². The fourth-order valence-corrected chi connectivity index (χ4v) is 2.21. The minimum absolute atomic E-state index is 0.0201. The molecule has 0 bridgehead atoms. The van der Waals surface area contributed by atoms with E-state index < -0.39 is 10.0 Å². The highest BCUT2D eigenvalue weighted by atomic mass is 32.2. The van der Waals surface area contributed by atoms with Crippen molar-refractivity contribution in [3.05, 3.63) is 18.2 Å². The average Bonchev–Trinajstić information content (AvgIpc) is 2.98. The Morgan fingerprint density at radius 2 is 2.06 bits per heavy atom. The number of anilines is 2. The molecule has 1 aliphatic carbocycles. The second kappa shape index (κ2) is 3.95. The van der Waals surface area contributed by atoms with E-state index in [0.29, 0.717) is 11.6 Å². The Morgan fingerprint density at radius 3 is 2.62 bits per heavy atom. The molecule has 88 valence electrons. The van der Waals surface area contributed by atoms with Gasteiger partial charge >= 0.3 is 0 Å². The smallest absolute Gasteiger partial charge is 0.240 e. The van der Waals surface area contributed by atoms with Crippen LogP contribution in [0.15, 0.2) is 23.1 Å². The number of nitrogens with one attached hydrogen (secondary N) is 1. The molecule has 1 aliphatic rings. The monoisotopic (exact) mass is 241 g/mol. The number of para-hydroxylation sites is 1. The van der Waals surface area contributed by atoms with E-state index in [1.165, 1.54) is 18.9 Å². The summed E-state index contributed by atoms with van der Waals surface area (Å²) in [5.74, 6) is 0.692. The quantitative estimate of drug-likeness (QED) is 0.677. The molecular weight excluding hydrogens is 226 g/mol. The Hall–Kier alpha value is -1.27. The Labute approximate surface area is 94.9 Å². The minimum atomic E-state index is -3.74. The third-order valence-electron chi connectivity index (χ3n) is 2.65. The van der Waals surface area contributed by atoms with Gasteiger partial charge in [0, 0.05) is 6.54 Å². The average molecular weight is 241 g/mol. The van der Waals surface area contributed by atoms with Gasteiger partial charge in [0.1, 0.15) is 4.90 Å². The highest BCUT2D eigenvalue weighted by Crippen LogP contribution is 2.31. The first kappa shape index (κ1) is 11.2. The predicted molar refractivity (Wildman–Crippen MR) is 63.4 cm³/mol. The molecule has 5 N–H and O–H groups in total. The van der Waals surface area contributed by atoms with Crippen molar-refractivity contribution in [1.82, 2.24) is 0 Å². The summed E-state index contributed by atoms with van der Waals surface area (Å²) in [5, 5.41) is 8.20. The Kier molecular flexibility index (Phi) is 2.77. The minimum Gasteiger partial charge on any atom is -0.396 e. The molecule has 0 aliphatic heterocycles. The number of nitrogens with two attached hydrogens (primary N) is 2. The molecule has 0 radical (unpaired) electrons. The molecule has 1 aromatic carbocycles. The second-order valence-corrected chi connectivity index (χ2v) is 5.62. The van der Waals surface area contributed by atoms with Crippen molar-refractivity contribution in [3.63, 3.8) is 0 Å². The topological polar surface area (TPSA) is 98.2 Å². The van der Waals surface area contributed by atoms with Crippen molar-refractivity contribution in [2.75, 3.05) is 17.6 Å². The number of nitrogen functional groups attached to an aromatic ring is 1. The van der Waals surface area contributed by atoms with E-state index in [4.69, 9.17) is 10.9 Å². The van der Waals surface area contributed by atoms with Crippen molar-refractivity contribution in [3.8, 4) is 0 Å². The van der Waals surface area contributed by atoms with Crippen LogP contribution in [-0.4, -0.2) is 15.0 Å². The molecule has 0 atom stereocenters. The van der Waals surface area contributed by atoms with Gasteiger partial charge in [-0.15, -0.1) is 0 Å². The maximum absolute atomic E-state index is 11.2. The largest absolute Gasteiger partial charge is 0.396 e. The first-order valence-electron chi connectivity index (χ1n) is 5.13. The zero-order chi connectivity index (χ0) is 11.8. The van der Waals surface area contributed by atoms with Crippen molar-refractivity contribution in [2.45, 2.75) is 17.7 Å². The molecule has 0 amide bonds. The third kappa shape index (κ3) is 2.45. The van der Waals surface area contributed by atoms with E-state index in [9.17, 15) is 8.42 Å². The summed E-state index contributed by atoms with van der Waals surface area (Å²) >= 11 is 0. The molecule has 0 saturated heterocycles. The molecule has 2 rings (SSSR count). The summed E-state index contributed by atoms with van der Waals surface area (Å²) in [5.41, 5.74) is 6.59. The van der Waals surface area contributed by atoms with Crippen LogP contribution in [0.3, 0.4) is 0 Å². The zero-order valence-corrected chi connectivity index (χ0v) is 9.63. The van der Waals surface area contributed by atoms with Crippen LogP contribution in [0, 0.1) is 5.92 Å². The SMILES string of the molecule is Nc1c(NCC2CC2)cccc1S(N)(=O)=O. The molecular formula is C10H15N3O2S. The van der Waals surface area contributed by atoms with Crippen LogP contribution in [0.1, 0.15) is 12.8 Å². The lowest BCUT2D eigenvalue weighted by atomic mass is 10.2. The number of sulfonamides is 1. The van der Waals surface area contributed by atoms with Crippen LogP contribution >= 0.6 is 0 Å². The van der Waals surface area contributed by atoms with Crippen molar-refractivity contribution in [2.24, 2.45) is 11.1 Å². The molecule has 0 unspecified atom stereocenters. The molecule has 0 heterocycles. The van der Waals surface area contributed by atoms with Gasteiger partial charge in [-0.2, -0.15) is 0 Å². The third-order valence-corrected chi connectivity index (χ3v) is 3.62. The first-order valence-corrected chi connectivity index (χ1v) is 6.68. The lowest BCUT2D eigenvalue weighted by Crippen LogP contribution is -2.15.